The van der Waals surface area contributed by atoms with E-state index in [-0.39, 0.29) is 5.91 Å². The number of likely N-dealkylation sites (N-methyl/N-ethyl adjacent to an activating group) is 1. The fourth-order valence-electron chi connectivity index (χ4n) is 1.77. The van der Waals surface area contributed by atoms with Crippen LogP contribution in [0, 0.1) is 11.3 Å². The van der Waals surface area contributed by atoms with Crippen molar-refractivity contribution in [3.63, 3.8) is 0 Å². The lowest BCUT2D eigenvalue weighted by Crippen LogP contribution is -2.39. The molecular weight excluding hydrogens is 202 g/mol. The maximum absolute atomic E-state index is 11.8. The number of nitriles is 1. The third-order valence-electron chi connectivity index (χ3n) is 2.64. The summed E-state index contributed by atoms with van der Waals surface area (Å²) in [6.07, 6.45) is 1.50. The van der Waals surface area contributed by atoms with Gasteiger partial charge in [0.15, 0.2) is 0 Å². The van der Waals surface area contributed by atoms with Gasteiger partial charge in [-0.1, -0.05) is 18.2 Å². The highest BCUT2D eigenvalue weighted by molar-refractivity contribution is 6.04. The Labute approximate surface area is 93.6 Å². The van der Waals surface area contributed by atoms with Gasteiger partial charge < -0.3 is 10.6 Å². The second kappa shape index (κ2) is 3.80. The number of anilines is 1. The van der Waals surface area contributed by atoms with E-state index >= 15 is 0 Å². The molecule has 1 aromatic rings. The number of amides is 1. The highest BCUT2D eigenvalue weighted by Crippen LogP contribution is 2.29. The van der Waals surface area contributed by atoms with Crippen molar-refractivity contribution in [2.45, 2.75) is 6.04 Å². The van der Waals surface area contributed by atoms with E-state index in [1.807, 2.05) is 18.2 Å². The highest BCUT2D eigenvalue weighted by Gasteiger charge is 2.25. The van der Waals surface area contributed by atoms with E-state index in [4.69, 9.17) is 11.0 Å². The average Bonchev–Trinajstić information content (AvgIpc) is 2.41. The molecule has 2 rings (SSSR count). The third-order valence-corrected chi connectivity index (χ3v) is 2.64. The number of hydrogen-bond acceptors (Lipinski definition) is 3. The van der Waals surface area contributed by atoms with Crippen LogP contribution in [0.15, 0.2) is 30.3 Å². The maximum atomic E-state index is 11.8. The predicted octanol–water partition coefficient (Wildman–Crippen LogP) is 0.897. The number of fused-ring (bicyclic) bond motifs is 1. The molecule has 0 bridgehead atoms. The SMILES string of the molecule is CN1C(=O)C(N)C=C(C#N)c2ccccc21. The van der Waals surface area contributed by atoms with Crippen LogP contribution in [0.3, 0.4) is 0 Å². The predicted molar refractivity (Wildman–Crippen MR) is 61.4 cm³/mol. The zero-order chi connectivity index (χ0) is 11.7. The molecule has 80 valence electrons. The minimum absolute atomic E-state index is 0.210. The lowest BCUT2D eigenvalue weighted by atomic mass is 10.0. The topological polar surface area (TPSA) is 70.1 Å². The summed E-state index contributed by atoms with van der Waals surface area (Å²) in [6, 6.07) is 8.59. The fraction of sp³-hybridized carbons (Fsp3) is 0.167. The van der Waals surface area contributed by atoms with Crippen LogP contribution in [0.5, 0.6) is 0 Å². The Morgan fingerprint density at radius 3 is 2.81 bits per heavy atom. The summed E-state index contributed by atoms with van der Waals surface area (Å²) in [4.78, 5) is 13.3. The number of allylic oxidation sites excluding steroid dienone is 1. The van der Waals surface area contributed by atoms with E-state index in [0.717, 1.165) is 5.56 Å². The van der Waals surface area contributed by atoms with E-state index in [1.165, 1.54) is 11.0 Å². The van der Waals surface area contributed by atoms with Gasteiger partial charge in [-0.2, -0.15) is 5.26 Å². The summed E-state index contributed by atoms with van der Waals surface area (Å²) in [5.41, 5.74) is 7.60. The van der Waals surface area contributed by atoms with E-state index in [9.17, 15) is 4.79 Å². The molecule has 2 N–H and O–H groups in total. The van der Waals surface area contributed by atoms with Crippen LogP contribution in [0.25, 0.3) is 5.57 Å². The first-order valence-electron chi connectivity index (χ1n) is 4.89. The maximum Gasteiger partial charge on any atom is 0.247 e. The molecule has 1 aliphatic heterocycles. The number of rotatable bonds is 0. The molecule has 0 aliphatic carbocycles. The first kappa shape index (κ1) is 10.4. The van der Waals surface area contributed by atoms with Gasteiger partial charge in [-0.05, 0) is 12.1 Å². The minimum Gasteiger partial charge on any atom is -0.317 e. The fourth-order valence-corrected chi connectivity index (χ4v) is 1.77. The van der Waals surface area contributed by atoms with Crippen LogP contribution in [0.4, 0.5) is 5.69 Å². The summed E-state index contributed by atoms with van der Waals surface area (Å²) in [5.74, 6) is -0.210. The number of carbonyl (C=O) groups is 1. The van der Waals surface area contributed by atoms with Gasteiger partial charge in [0.1, 0.15) is 6.04 Å². The van der Waals surface area contributed by atoms with Gasteiger partial charge in [0.2, 0.25) is 5.91 Å². The monoisotopic (exact) mass is 213 g/mol. The van der Waals surface area contributed by atoms with Gasteiger partial charge in [0, 0.05) is 12.6 Å². The van der Waals surface area contributed by atoms with Gasteiger partial charge in [0.25, 0.3) is 0 Å². The summed E-state index contributed by atoms with van der Waals surface area (Å²) >= 11 is 0. The number of hydrogen-bond donors (Lipinski definition) is 1. The number of benzene rings is 1. The third kappa shape index (κ3) is 1.47. The molecular formula is C12H11N3O. The van der Waals surface area contributed by atoms with Crippen molar-refractivity contribution in [2.75, 3.05) is 11.9 Å². The van der Waals surface area contributed by atoms with Crippen molar-refractivity contribution in [2.24, 2.45) is 5.73 Å². The first-order chi connectivity index (χ1) is 7.65. The minimum atomic E-state index is -0.757. The van der Waals surface area contributed by atoms with Gasteiger partial charge in [-0.15, -0.1) is 0 Å². The molecule has 1 aliphatic rings. The molecule has 1 unspecified atom stereocenters. The van der Waals surface area contributed by atoms with Crippen molar-refractivity contribution < 1.29 is 4.79 Å². The number of nitrogens with zero attached hydrogens (tertiary/aromatic N) is 2. The number of nitrogens with two attached hydrogens (primary N) is 1. The second-order valence-electron chi connectivity index (χ2n) is 3.63. The Balaban J connectivity index is 2.68. The smallest absolute Gasteiger partial charge is 0.247 e. The second-order valence-corrected chi connectivity index (χ2v) is 3.63. The van der Waals surface area contributed by atoms with Crippen LogP contribution in [-0.4, -0.2) is 19.0 Å². The standard InChI is InChI=1S/C12H11N3O/c1-15-11-5-3-2-4-9(11)8(7-13)6-10(14)12(15)16/h2-6,10H,14H2,1H3. The first-order valence-corrected chi connectivity index (χ1v) is 4.89. The van der Waals surface area contributed by atoms with Crippen LogP contribution < -0.4 is 10.6 Å². The van der Waals surface area contributed by atoms with E-state index in [0.29, 0.717) is 11.3 Å². The molecule has 0 spiro atoms. The Kier molecular flexibility index (Phi) is 2.47. The molecule has 1 aromatic carbocycles. The number of carbonyl (C=O) groups excluding carboxylic acids is 1. The van der Waals surface area contributed by atoms with Crippen molar-refractivity contribution in [1.29, 1.82) is 5.26 Å². The van der Waals surface area contributed by atoms with Gasteiger partial charge in [-0.25, -0.2) is 0 Å². The Morgan fingerprint density at radius 1 is 1.44 bits per heavy atom. The molecule has 0 aromatic heterocycles. The largest absolute Gasteiger partial charge is 0.317 e. The summed E-state index contributed by atoms with van der Waals surface area (Å²) in [7, 11) is 1.66. The normalized spacial score (nSPS) is 19.6. The van der Waals surface area contributed by atoms with Crippen LogP contribution >= 0.6 is 0 Å². The van der Waals surface area contributed by atoms with Gasteiger partial charge >= 0.3 is 0 Å². The van der Waals surface area contributed by atoms with E-state index in [1.54, 1.807) is 13.1 Å². The Bertz CT molecular complexity index is 513. The molecule has 0 saturated heterocycles. The van der Waals surface area contributed by atoms with Crippen molar-refractivity contribution in [3.8, 4) is 6.07 Å². The highest BCUT2D eigenvalue weighted by atomic mass is 16.2. The van der Waals surface area contributed by atoms with Crippen molar-refractivity contribution >= 4 is 17.2 Å². The summed E-state index contributed by atoms with van der Waals surface area (Å²) < 4.78 is 0. The quantitative estimate of drug-likeness (QED) is 0.696. The van der Waals surface area contributed by atoms with Crippen molar-refractivity contribution in [1.82, 2.24) is 0 Å². The molecule has 4 nitrogen and oxygen atoms in total. The molecule has 1 heterocycles. The molecule has 0 radical (unpaired) electrons. The zero-order valence-corrected chi connectivity index (χ0v) is 8.84. The average molecular weight is 213 g/mol. The Hall–Kier alpha value is -2.12. The van der Waals surface area contributed by atoms with Crippen LogP contribution in [-0.2, 0) is 4.79 Å². The lowest BCUT2D eigenvalue weighted by molar-refractivity contribution is -0.118. The number of para-hydroxylation sites is 1. The zero-order valence-electron chi connectivity index (χ0n) is 8.84. The molecule has 1 atom stereocenters. The summed E-state index contributed by atoms with van der Waals surface area (Å²) in [5, 5.41) is 9.05. The summed E-state index contributed by atoms with van der Waals surface area (Å²) in [6.45, 7) is 0. The molecule has 0 fully saturated rings. The lowest BCUT2D eigenvalue weighted by Gasteiger charge is -2.19. The molecule has 1 amide bonds. The van der Waals surface area contributed by atoms with E-state index in [2.05, 4.69) is 6.07 Å². The van der Waals surface area contributed by atoms with E-state index < -0.39 is 6.04 Å². The Morgan fingerprint density at radius 2 is 2.12 bits per heavy atom. The molecule has 0 saturated carbocycles. The van der Waals surface area contributed by atoms with Crippen molar-refractivity contribution in [3.05, 3.63) is 35.9 Å². The van der Waals surface area contributed by atoms with Gasteiger partial charge in [-0.3, -0.25) is 4.79 Å². The van der Waals surface area contributed by atoms with Crippen LogP contribution in [0.1, 0.15) is 5.56 Å². The molecule has 4 heteroatoms. The molecule has 16 heavy (non-hydrogen) atoms. The van der Waals surface area contributed by atoms with Crippen LogP contribution in [0.2, 0.25) is 0 Å². The van der Waals surface area contributed by atoms with Gasteiger partial charge in [0.05, 0.1) is 17.3 Å².